The summed E-state index contributed by atoms with van der Waals surface area (Å²) in [4.78, 5) is 23.2. The van der Waals surface area contributed by atoms with Crippen molar-refractivity contribution in [1.82, 2.24) is 25.2 Å². The van der Waals surface area contributed by atoms with Crippen LogP contribution in [-0.4, -0.2) is 49.8 Å². The van der Waals surface area contributed by atoms with Gasteiger partial charge in [0.05, 0.1) is 29.5 Å². The summed E-state index contributed by atoms with van der Waals surface area (Å²) in [5, 5.41) is 18.7. The number of nitrogens with one attached hydrogen (secondary N) is 2. The molecule has 3 aromatic carbocycles. The zero-order chi connectivity index (χ0) is 34.7. The second kappa shape index (κ2) is 14.4. The van der Waals surface area contributed by atoms with E-state index in [1.54, 1.807) is 0 Å². The first-order chi connectivity index (χ1) is 24.1. The summed E-state index contributed by atoms with van der Waals surface area (Å²) >= 11 is 0. The van der Waals surface area contributed by atoms with Crippen molar-refractivity contribution in [2.75, 3.05) is 6.54 Å². The Labute approximate surface area is 295 Å². The van der Waals surface area contributed by atoms with E-state index < -0.39 is 12.1 Å². The number of rotatable bonds is 12. The molecule has 2 aromatic heterocycles. The highest BCUT2D eigenvalue weighted by molar-refractivity contribution is 5.97. The Bertz CT molecular complexity index is 1910. The van der Waals surface area contributed by atoms with Gasteiger partial charge in [0.1, 0.15) is 5.60 Å². The van der Waals surface area contributed by atoms with Crippen LogP contribution >= 0.6 is 0 Å². The highest BCUT2D eigenvalue weighted by atomic mass is 16.5. The fraction of sp³-hybridized carbons (Fsp3) is 0.405. The Morgan fingerprint density at radius 3 is 2.42 bits per heavy atom. The van der Waals surface area contributed by atoms with E-state index in [-0.39, 0.29) is 23.0 Å². The number of aliphatic hydroxyl groups excluding tert-OH is 1. The molecule has 2 aliphatic rings. The Kier molecular flexibility index (Phi) is 9.76. The van der Waals surface area contributed by atoms with Crippen molar-refractivity contribution < 1.29 is 14.6 Å². The number of carbonyl (C=O) groups excluding carboxylic acids is 1. The third kappa shape index (κ3) is 7.92. The highest BCUT2D eigenvalue weighted by Gasteiger charge is 2.46. The number of hydrogen-bond acceptors (Lipinski definition) is 6. The van der Waals surface area contributed by atoms with Gasteiger partial charge in [0.25, 0.3) is 5.91 Å². The third-order valence-electron chi connectivity index (χ3n) is 10.2. The molecule has 1 aliphatic carbocycles. The molecule has 5 aromatic rings. The molecular formula is C42H49N5O3. The van der Waals surface area contributed by atoms with Crippen LogP contribution in [0.1, 0.15) is 85.1 Å². The van der Waals surface area contributed by atoms with Crippen LogP contribution in [0.25, 0.3) is 11.0 Å². The lowest BCUT2D eigenvalue weighted by molar-refractivity contribution is -0.0421. The molecule has 3 atom stereocenters. The average Bonchev–Trinajstić information content (AvgIpc) is 3.51. The van der Waals surface area contributed by atoms with E-state index in [1.807, 2.05) is 79.3 Å². The summed E-state index contributed by atoms with van der Waals surface area (Å²) in [6.45, 7) is 7.78. The van der Waals surface area contributed by atoms with Crippen molar-refractivity contribution in [2.24, 2.45) is 5.41 Å². The maximum Gasteiger partial charge on any atom is 0.251 e. The summed E-state index contributed by atoms with van der Waals surface area (Å²) < 4.78 is 8.60. The zero-order valence-corrected chi connectivity index (χ0v) is 29.4. The molecular weight excluding hydrogens is 622 g/mol. The standard InChI is InChI=1S/C42H49N5O3/c1-41(2,3)24-31-21-33-36(25-42(18-10-19-42)50-40(33)44-26-31)43-27-38(48)35(22-30-13-8-5-9-14-30)46-39(49)32-15-16-34-37(23-32)47(28-45-34)20-17-29-11-6-4-7-12-29/h4-9,11-16,21,23,26,28,35-36,38,43,48H,10,17-20,22,24-25,27H2,1-3H3,(H,46,49)/t35-,36-,38+/m0/s1. The van der Waals surface area contributed by atoms with Gasteiger partial charge >= 0.3 is 0 Å². The fourth-order valence-corrected chi connectivity index (χ4v) is 7.43. The number of aliphatic hydroxyl groups is 1. The largest absolute Gasteiger partial charge is 0.471 e. The van der Waals surface area contributed by atoms with Crippen LogP contribution in [0.15, 0.2) is 97.5 Å². The molecule has 0 bridgehead atoms. The summed E-state index contributed by atoms with van der Waals surface area (Å²) in [5.41, 5.74) is 6.78. The van der Waals surface area contributed by atoms with Crippen molar-refractivity contribution in [2.45, 2.75) is 96.1 Å². The maximum atomic E-state index is 13.9. The lowest BCUT2D eigenvalue weighted by Crippen LogP contribution is -2.52. The molecule has 0 radical (unpaired) electrons. The Hall–Kier alpha value is -4.53. The van der Waals surface area contributed by atoms with Gasteiger partial charge in [-0.3, -0.25) is 4.79 Å². The molecule has 8 heteroatoms. The van der Waals surface area contributed by atoms with E-state index in [2.05, 4.69) is 59.2 Å². The SMILES string of the molecule is CC(C)(C)Cc1cnc2c(c1)[C@@H](NC[C@@H](O)[C@H](Cc1ccccc1)NC(=O)c1ccc3ncn(CCc4ccccc4)c3c1)CC1(CCC1)O2. The first-order valence-corrected chi connectivity index (χ1v) is 18.1. The first kappa shape index (κ1) is 33.9. The molecule has 1 aliphatic heterocycles. The van der Waals surface area contributed by atoms with E-state index in [1.165, 1.54) is 11.1 Å². The van der Waals surface area contributed by atoms with Gasteiger partial charge in [0.2, 0.25) is 5.88 Å². The van der Waals surface area contributed by atoms with Gasteiger partial charge in [0, 0.05) is 42.9 Å². The maximum absolute atomic E-state index is 13.9. The first-order valence-electron chi connectivity index (χ1n) is 18.1. The van der Waals surface area contributed by atoms with Crippen LogP contribution in [-0.2, 0) is 25.8 Å². The molecule has 3 heterocycles. The Balaban J connectivity index is 1.08. The molecule has 1 spiro atoms. The number of imidazole rings is 1. The number of ether oxygens (including phenoxy) is 1. The lowest BCUT2D eigenvalue weighted by atomic mass is 9.73. The van der Waals surface area contributed by atoms with E-state index in [0.717, 1.165) is 67.2 Å². The molecule has 3 N–H and O–H groups in total. The van der Waals surface area contributed by atoms with E-state index >= 15 is 0 Å². The van der Waals surface area contributed by atoms with Gasteiger partial charge in [-0.15, -0.1) is 0 Å². The normalized spacial score (nSPS) is 17.8. The molecule has 50 heavy (non-hydrogen) atoms. The van der Waals surface area contributed by atoms with Crippen LogP contribution in [0.2, 0.25) is 0 Å². The van der Waals surface area contributed by atoms with Crippen LogP contribution in [0.5, 0.6) is 5.88 Å². The van der Waals surface area contributed by atoms with Crippen LogP contribution in [0.3, 0.4) is 0 Å². The number of benzene rings is 3. The molecule has 1 amide bonds. The molecule has 0 saturated heterocycles. The number of amides is 1. The number of nitrogens with zero attached hydrogens (tertiary/aromatic N) is 3. The van der Waals surface area contributed by atoms with Gasteiger partial charge in [0.15, 0.2) is 0 Å². The number of fused-ring (bicyclic) bond motifs is 2. The van der Waals surface area contributed by atoms with Gasteiger partial charge in [-0.05, 0) is 84.9 Å². The molecule has 8 nitrogen and oxygen atoms in total. The Morgan fingerprint density at radius 1 is 0.980 bits per heavy atom. The van der Waals surface area contributed by atoms with Crippen molar-refractivity contribution in [3.05, 3.63) is 125 Å². The van der Waals surface area contributed by atoms with E-state index in [9.17, 15) is 9.90 Å². The van der Waals surface area contributed by atoms with E-state index in [0.29, 0.717) is 24.4 Å². The summed E-state index contributed by atoms with van der Waals surface area (Å²) in [6, 6.07) is 27.7. The predicted octanol–water partition coefficient (Wildman–Crippen LogP) is 7.00. The molecule has 1 fully saturated rings. The third-order valence-corrected chi connectivity index (χ3v) is 10.2. The van der Waals surface area contributed by atoms with Crippen LogP contribution in [0.4, 0.5) is 0 Å². The molecule has 1 saturated carbocycles. The number of hydrogen-bond donors (Lipinski definition) is 3. The molecule has 7 rings (SSSR count). The highest BCUT2D eigenvalue weighted by Crippen LogP contribution is 2.48. The van der Waals surface area contributed by atoms with Crippen LogP contribution < -0.4 is 15.4 Å². The Morgan fingerprint density at radius 2 is 1.72 bits per heavy atom. The van der Waals surface area contributed by atoms with Crippen LogP contribution in [0, 0.1) is 5.41 Å². The average molecular weight is 672 g/mol. The smallest absolute Gasteiger partial charge is 0.251 e. The topological polar surface area (TPSA) is 101 Å². The van der Waals surface area contributed by atoms with Gasteiger partial charge in [-0.25, -0.2) is 9.97 Å². The minimum absolute atomic E-state index is 0.00669. The van der Waals surface area contributed by atoms with Gasteiger partial charge < -0.3 is 25.0 Å². The zero-order valence-electron chi connectivity index (χ0n) is 29.4. The second-order valence-electron chi connectivity index (χ2n) is 15.5. The number of aromatic nitrogens is 3. The minimum Gasteiger partial charge on any atom is -0.471 e. The minimum atomic E-state index is -0.839. The van der Waals surface area contributed by atoms with Gasteiger partial charge in [-0.2, -0.15) is 0 Å². The quantitative estimate of drug-likeness (QED) is 0.132. The molecule has 0 unspecified atom stereocenters. The predicted molar refractivity (Wildman–Crippen MR) is 197 cm³/mol. The monoisotopic (exact) mass is 671 g/mol. The summed E-state index contributed by atoms with van der Waals surface area (Å²) in [5.74, 6) is 0.483. The number of pyridine rings is 1. The second-order valence-corrected chi connectivity index (χ2v) is 15.5. The van der Waals surface area contributed by atoms with Gasteiger partial charge in [-0.1, -0.05) is 81.4 Å². The van der Waals surface area contributed by atoms with Crippen molar-refractivity contribution in [3.63, 3.8) is 0 Å². The van der Waals surface area contributed by atoms with E-state index in [4.69, 9.17) is 9.72 Å². The number of aryl methyl sites for hydroxylation is 2. The van der Waals surface area contributed by atoms with Crippen molar-refractivity contribution in [1.29, 1.82) is 0 Å². The summed E-state index contributed by atoms with van der Waals surface area (Å²) in [6.07, 6.45) is 9.25. The van der Waals surface area contributed by atoms with Crippen molar-refractivity contribution >= 4 is 16.9 Å². The fourth-order valence-electron chi connectivity index (χ4n) is 7.43. The number of carbonyl (C=O) groups is 1. The summed E-state index contributed by atoms with van der Waals surface area (Å²) in [7, 11) is 0. The lowest BCUT2D eigenvalue weighted by Gasteiger charge is -2.47. The molecule has 260 valence electrons. The van der Waals surface area contributed by atoms with Crippen molar-refractivity contribution in [3.8, 4) is 5.88 Å².